The molecule has 0 atom stereocenters. The van der Waals surface area contributed by atoms with Crippen molar-refractivity contribution in [1.82, 2.24) is 10.3 Å². The molecule has 0 radical (unpaired) electrons. The van der Waals surface area contributed by atoms with Crippen molar-refractivity contribution >= 4 is 28.8 Å². The number of halogens is 1. The summed E-state index contributed by atoms with van der Waals surface area (Å²) in [6.07, 6.45) is 0. The fourth-order valence-electron chi connectivity index (χ4n) is 2.41. The molecule has 0 unspecified atom stereocenters. The lowest BCUT2D eigenvalue weighted by molar-refractivity contribution is 0.0950. The van der Waals surface area contributed by atoms with E-state index in [0.717, 1.165) is 16.3 Å². The molecule has 0 bridgehead atoms. The van der Waals surface area contributed by atoms with Crippen LogP contribution in [-0.2, 0) is 13.2 Å². The third-order valence-corrected chi connectivity index (χ3v) is 5.02. The number of carbonyl (C=O) groups is 1. The normalized spacial score (nSPS) is 10.5. The van der Waals surface area contributed by atoms with Crippen LogP contribution in [0.25, 0.3) is 0 Å². The van der Waals surface area contributed by atoms with E-state index in [1.54, 1.807) is 25.3 Å². The van der Waals surface area contributed by atoms with E-state index in [1.807, 2.05) is 36.6 Å². The SMILES string of the molecule is COc1cc(C(=O)NCc2nc(C)cs2)ccc1OCc1ccc(Cl)cc1. The van der Waals surface area contributed by atoms with Crippen LogP contribution in [0.15, 0.2) is 47.8 Å². The van der Waals surface area contributed by atoms with E-state index in [4.69, 9.17) is 21.1 Å². The first-order chi connectivity index (χ1) is 13.0. The van der Waals surface area contributed by atoms with Crippen LogP contribution < -0.4 is 14.8 Å². The van der Waals surface area contributed by atoms with Gasteiger partial charge >= 0.3 is 0 Å². The second-order valence-corrected chi connectivity index (χ2v) is 7.23. The lowest BCUT2D eigenvalue weighted by Gasteiger charge is -2.12. The number of thiazole rings is 1. The first-order valence-electron chi connectivity index (χ1n) is 8.29. The number of ether oxygens (including phenoxy) is 2. The molecule has 0 fully saturated rings. The summed E-state index contributed by atoms with van der Waals surface area (Å²) in [6.45, 7) is 2.70. The molecule has 0 aliphatic rings. The number of hydrogen-bond donors (Lipinski definition) is 1. The summed E-state index contributed by atoms with van der Waals surface area (Å²) in [5.41, 5.74) is 2.44. The van der Waals surface area contributed by atoms with E-state index in [-0.39, 0.29) is 5.91 Å². The van der Waals surface area contributed by atoms with Gasteiger partial charge in [-0.1, -0.05) is 23.7 Å². The van der Waals surface area contributed by atoms with Gasteiger partial charge in [0.1, 0.15) is 11.6 Å². The Morgan fingerprint density at radius 1 is 1.19 bits per heavy atom. The fraction of sp³-hybridized carbons (Fsp3) is 0.200. The smallest absolute Gasteiger partial charge is 0.251 e. The predicted molar refractivity (Wildman–Crippen MR) is 107 cm³/mol. The van der Waals surface area contributed by atoms with Crippen LogP contribution in [-0.4, -0.2) is 18.0 Å². The minimum Gasteiger partial charge on any atom is -0.493 e. The number of nitrogens with one attached hydrogen (secondary N) is 1. The predicted octanol–water partition coefficient (Wildman–Crippen LogP) is 4.62. The summed E-state index contributed by atoms with van der Waals surface area (Å²) < 4.78 is 11.2. The van der Waals surface area contributed by atoms with E-state index in [1.165, 1.54) is 11.3 Å². The number of aromatic nitrogens is 1. The molecule has 5 nitrogen and oxygen atoms in total. The van der Waals surface area contributed by atoms with Gasteiger partial charge in [0.2, 0.25) is 0 Å². The standard InChI is InChI=1S/C20H19ClN2O3S/c1-13-12-27-19(23-13)10-22-20(24)15-5-8-17(18(9-15)25-2)26-11-14-3-6-16(21)7-4-14/h3-9,12H,10-11H2,1-2H3,(H,22,24). The monoisotopic (exact) mass is 402 g/mol. The maximum Gasteiger partial charge on any atom is 0.251 e. The summed E-state index contributed by atoms with van der Waals surface area (Å²) >= 11 is 7.41. The van der Waals surface area contributed by atoms with Crippen LogP contribution >= 0.6 is 22.9 Å². The largest absolute Gasteiger partial charge is 0.493 e. The lowest BCUT2D eigenvalue weighted by Crippen LogP contribution is -2.22. The van der Waals surface area contributed by atoms with Crippen LogP contribution in [0.5, 0.6) is 11.5 Å². The number of methoxy groups -OCH3 is 1. The molecular weight excluding hydrogens is 384 g/mol. The molecule has 0 aliphatic carbocycles. The van der Waals surface area contributed by atoms with E-state index < -0.39 is 0 Å². The van der Waals surface area contributed by atoms with Crippen LogP contribution in [0.4, 0.5) is 0 Å². The molecular formula is C20H19ClN2O3S. The topological polar surface area (TPSA) is 60.5 Å². The fourth-order valence-corrected chi connectivity index (χ4v) is 3.25. The Bertz CT molecular complexity index is 925. The average molecular weight is 403 g/mol. The maximum absolute atomic E-state index is 12.4. The number of benzene rings is 2. The minimum atomic E-state index is -0.189. The second kappa shape index (κ2) is 8.88. The van der Waals surface area contributed by atoms with E-state index in [0.29, 0.717) is 35.2 Å². The highest BCUT2D eigenvalue weighted by Crippen LogP contribution is 2.29. The third kappa shape index (κ3) is 5.21. The van der Waals surface area contributed by atoms with Gasteiger partial charge in [-0.3, -0.25) is 4.79 Å². The molecule has 1 heterocycles. The molecule has 0 saturated carbocycles. The molecule has 0 aliphatic heterocycles. The Morgan fingerprint density at radius 3 is 2.63 bits per heavy atom. The van der Waals surface area contributed by atoms with Crippen molar-refractivity contribution in [1.29, 1.82) is 0 Å². The van der Waals surface area contributed by atoms with E-state index >= 15 is 0 Å². The van der Waals surface area contributed by atoms with E-state index in [2.05, 4.69) is 10.3 Å². The van der Waals surface area contributed by atoms with Crippen molar-refractivity contribution < 1.29 is 14.3 Å². The van der Waals surface area contributed by atoms with Gasteiger partial charge in [-0.05, 0) is 42.8 Å². The third-order valence-electron chi connectivity index (χ3n) is 3.80. The zero-order chi connectivity index (χ0) is 19.2. The van der Waals surface area contributed by atoms with Gasteiger partial charge in [-0.25, -0.2) is 4.98 Å². The maximum atomic E-state index is 12.4. The van der Waals surface area contributed by atoms with Crippen LogP contribution in [0.1, 0.15) is 26.6 Å². The van der Waals surface area contributed by atoms with Gasteiger partial charge in [0.05, 0.1) is 13.7 Å². The van der Waals surface area contributed by atoms with Crippen molar-refractivity contribution in [2.24, 2.45) is 0 Å². The molecule has 140 valence electrons. The molecule has 7 heteroatoms. The summed E-state index contributed by atoms with van der Waals surface area (Å²) in [5, 5.41) is 6.37. The molecule has 27 heavy (non-hydrogen) atoms. The molecule has 1 N–H and O–H groups in total. The molecule has 0 spiro atoms. The molecule has 1 aromatic heterocycles. The van der Waals surface area contributed by atoms with Crippen molar-refractivity contribution in [3.63, 3.8) is 0 Å². The minimum absolute atomic E-state index is 0.189. The van der Waals surface area contributed by atoms with Gasteiger partial charge in [0.15, 0.2) is 11.5 Å². The molecule has 3 rings (SSSR count). The number of carbonyl (C=O) groups excluding carboxylic acids is 1. The number of aryl methyl sites for hydroxylation is 1. The number of rotatable bonds is 7. The highest BCUT2D eigenvalue weighted by Gasteiger charge is 2.12. The number of amides is 1. The Kier molecular flexibility index (Phi) is 6.32. The summed E-state index contributed by atoms with van der Waals surface area (Å²) in [4.78, 5) is 16.7. The summed E-state index contributed by atoms with van der Waals surface area (Å²) in [5.74, 6) is 0.881. The van der Waals surface area contributed by atoms with Gasteiger partial charge in [0, 0.05) is 21.7 Å². The second-order valence-electron chi connectivity index (χ2n) is 5.85. The Balaban J connectivity index is 1.64. The van der Waals surface area contributed by atoms with Crippen LogP contribution in [0.3, 0.4) is 0 Å². The zero-order valence-electron chi connectivity index (χ0n) is 15.0. The first-order valence-corrected chi connectivity index (χ1v) is 9.55. The average Bonchev–Trinajstić information content (AvgIpc) is 3.10. The Labute approximate surface area is 166 Å². The Hall–Kier alpha value is -2.57. The number of hydrogen-bond acceptors (Lipinski definition) is 5. The van der Waals surface area contributed by atoms with Crippen LogP contribution in [0, 0.1) is 6.92 Å². The summed E-state index contributed by atoms with van der Waals surface area (Å²) in [6, 6.07) is 12.5. The van der Waals surface area contributed by atoms with Crippen molar-refractivity contribution in [3.05, 3.63) is 74.7 Å². The van der Waals surface area contributed by atoms with Crippen LogP contribution in [0.2, 0.25) is 5.02 Å². The van der Waals surface area contributed by atoms with Crippen molar-refractivity contribution in [2.75, 3.05) is 7.11 Å². The highest BCUT2D eigenvalue weighted by molar-refractivity contribution is 7.09. The highest BCUT2D eigenvalue weighted by atomic mass is 35.5. The zero-order valence-corrected chi connectivity index (χ0v) is 16.6. The summed E-state index contributed by atoms with van der Waals surface area (Å²) in [7, 11) is 1.55. The van der Waals surface area contributed by atoms with Gasteiger partial charge in [0.25, 0.3) is 5.91 Å². The first kappa shape index (κ1) is 19.2. The Morgan fingerprint density at radius 2 is 1.96 bits per heavy atom. The van der Waals surface area contributed by atoms with Crippen molar-refractivity contribution in [2.45, 2.75) is 20.1 Å². The molecule has 2 aromatic carbocycles. The van der Waals surface area contributed by atoms with Crippen molar-refractivity contribution in [3.8, 4) is 11.5 Å². The number of nitrogens with zero attached hydrogens (tertiary/aromatic N) is 1. The molecule has 1 amide bonds. The quantitative estimate of drug-likeness (QED) is 0.626. The molecule has 3 aromatic rings. The molecule has 0 saturated heterocycles. The lowest BCUT2D eigenvalue weighted by atomic mass is 10.2. The van der Waals surface area contributed by atoms with Gasteiger partial charge < -0.3 is 14.8 Å². The van der Waals surface area contributed by atoms with E-state index in [9.17, 15) is 4.79 Å². The van der Waals surface area contributed by atoms with Gasteiger partial charge in [-0.15, -0.1) is 11.3 Å². The van der Waals surface area contributed by atoms with Gasteiger partial charge in [-0.2, -0.15) is 0 Å².